The molecule has 0 spiro atoms. The summed E-state index contributed by atoms with van der Waals surface area (Å²) in [4.78, 5) is 87.8. The van der Waals surface area contributed by atoms with Crippen molar-refractivity contribution in [3.63, 3.8) is 0 Å². The molecule has 0 saturated heterocycles. The first-order valence-electron chi connectivity index (χ1n) is 19.1. The van der Waals surface area contributed by atoms with Crippen molar-refractivity contribution in [3.05, 3.63) is 0 Å². The van der Waals surface area contributed by atoms with E-state index in [-0.39, 0.29) is 91.2 Å². The molecule has 0 aromatic rings. The number of carbonyl (C=O) groups excluding carboxylic acids is 8. The predicted molar refractivity (Wildman–Crippen MR) is 206 cm³/mol. The molecule has 0 aromatic carbocycles. The Labute approximate surface area is 334 Å². The molecule has 16 heteroatoms. The zero-order valence-corrected chi connectivity index (χ0v) is 36.8. The summed E-state index contributed by atoms with van der Waals surface area (Å²) in [5, 5.41) is 0. The van der Waals surface area contributed by atoms with E-state index in [1.807, 2.05) is 27.7 Å². The van der Waals surface area contributed by atoms with Crippen molar-refractivity contribution in [1.82, 2.24) is 0 Å². The third kappa shape index (κ3) is 44.2. The maximum absolute atomic E-state index is 11.1. The maximum atomic E-state index is 11.1. The summed E-state index contributed by atoms with van der Waals surface area (Å²) in [5.41, 5.74) is 0. The third-order valence-electron chi connectivity index (χ3n) is 5.53. The summed E-state index contributed by atoms with van der Waals surface area (Å²) in [6.07, 6.45) is -0.439. The Balaban J connectivity index is -0.000000323. The molecule has 0 unspecified atom stereocenters. The lowest BCUT2D eigenvalue weighted by Gasteiger charge is -2.09. The van der Waals surface area contributed by atoms with Gasteiger partial charge >= 0.3 is 47.8 Å². The Morgan fingerprint density at radius 1 is 0.357 bits per heavy atom. The number of esters is 8. The molecular formula is C40H72O16. The van der Waals surface area contributed by atoms with Crippen LogP contribution in [0.4, 0.5) is 0 Å². The first-order chi connectivity index (χ1) is 25.7. The summed E-state index contributed by atoms with van der Waals surface area (Å²) in [6.45, 7) is 29.6. The molecule has 0 saturated carbocycles. The van der Waals surface area contributed by atoms with Gasteiger partial charge in [0.1, 0.15) is 12.8 Å². The lowest BCUT2D eigenvalue weighted by molar-refractivity contribution is -0.171. The molecular weight excluding hydrogens is 736 g/mol. The minimum atomic E-state index is -0.541. The van der Waals surface area contributed by atoms with Crippen LogP contribution in [0.3, 0.4) is 0 Å². The molecule has 328 valence electrons. The first-order valence-corrected chi connectivity index (χ1v) is 19.1. The van der Waals surface area contributed by atoms with Gasteiger partial charge in [-0.3, -0.25) is 38.4 Å². The maximum Gasteiger partial charge on any atom is 0.317 e. The van der Waals surface area contributed by atoms with Gasteiger partial charge in [-0.1, -0.05) is 83.1 Å². The molecule has 0 aliphatic heterocycles. The van der Waals surface area contributed by atoms with Crippen LogP contribution in [0.2, 0.25) is 0 Å². The van der Waals surface area contributed by atoms with Crippen molar-refractivity contribution in [2.45, 2.75) is 142 Å². The van der Waals surface area contributed by atoms with Crippen LogP contribution in [0.1, 0.15) is 130 Å². The van der Waals surface area contributed by atoms with Crippen LogP contribution in [-0.4, -0.2) is 93.2 Å². The first kappa shape index (κ1) is 58.5. The molecule has 16 nitrogen and oxygen atoms in total. The Morgan fingerprint density at radius 3 is 0.875 bits per heavy atom. The largest absolute Gasteiger partial charge is 0.465 e. The van der Waals surface area contributed by atoms with Crippen molar-refractivity contribution in [3.8, 4) is 0 Å². The number of hydrogen-bond donors (Lipinski definition) is 0. The second-order valence-electron chi connectivity index (χ2n) is 14.9. The predicted octanol–water partition coefficient (Wildman–Crippen LogP) is 6.17. The quantitative estimate of drug-likeness (QED) is 0.0442. The van der Waals surface area contributed by atoms with Gasteiger partial charge in [-0.25, -0.2) is 0 Å². The van der Waals surface area contributed by atoms with E-state index in [9.17, 15) is 38.4 Å². The highest BCUT2D eigenvalue weighted by Crippen LogP contribution is 2.02. The van der Waals surface area contributed by atoms with E-state index in [1.165, 1.54) is 0 Å². The third-order valence-corrected chi connectivity index (χ3v) is 5.53. The van der Waals surface area contributed by atoms with Crippen LogP contribution in [-0.2, 0) is 76.3 Å². The Kier molecular flexibility index (Phi) is 36.7. The van der Waals surface area contributed by atoms with Gasteiger partial charge in [-0.15, -0.1) is 0 Å². The molecule has 0 bridgehead atoms. The number of rotatable bonds is 20. The molecule has 0 aliphatic carbocycles. The van der Waals surface area contributed by atoms with Crippen molar-refractivity contribution in [1.29, 1.82) is 0 Å². The van der Waals surface area contributed by atoms with Crippen molar-refractivity contribution in [2.75, 3.05) is 33.2 Å². The fourth-order valence-electron chi connectivity index (χ4n) is 2.68. The fourth-order valence-corrected chi connectivity index (χ4v) is 2.68. The fraction of sp³-hybridized carbons (Fsp3) is 0.800. The monoisotopic (exact) mass is 808 g/mol. The van der Waals surface area contributed by atoms with E-state index < -0.39 is 23.9 Å². The van der Waals surface area contributed by atoms with Gasteiger partial charge in [0, 0.05) is 6.42 Å². The standard InChI is InChI=1S/2C11H20O4.2C9H16O4/c1-8(2)6-14-10(12)5-11(13)15-7-9(3)4;1-8(2)10(12)14-6-5-7-15-11(13)9(3)4;1-6(2)8(10)12-5-13-9(11)7(3)4;1-6(2)12-8(10)5-9(11)13-7(3)4/h2*8-9H,5-7H2,1-4H3;2*6-7H,5H2,1-4H3. The highest BCUT2D eigenvalue weighted by Gasteiger charge is 2.15. The van der Waals surface area contributed by atoms with Crippen LogP contribution < -0.4 is 0 Å². The Hall–Kier alpha value is -4.24. The van der Waals surface area contributed by atoms with Crippen LogP contribution in [0.25, 0.3) is 0 Å². The van der Waals surface area contributed by atoms with Gasteiger partial charge in [0.2, 0.25) is 6.79 Å². The van der Waals surface area contributed by atoms with Crippen LogP contribution >= 0.6 is 0 Å². The summed E-state index contributed by atoms with van der Waals surface area (Å²) in [6, 6.07) is 0. The van der Waals surface area contributed by atoms with Crippen molar-refractivity contribution < 1.29 is 76.3 Å². The molecule has 0 atom stereocenters. The smallest absolute Gasteiger partial charge is 0.317 e. The van der Waals surface area contributed by atoms with Crippen molar-refractivity contribution >= 4 is 47.8 Å². The molecule has 0 aromatic heterocycles. The van der Waals surface area contributed by atoms with E-state index in [2.05, 4.69) is 9.47 Å². The minimum absolute atomic E-state index is 0.108. The van der Waals surface area contributed by atoms with Gasteiger partial charge < -0.3 is 37.9 Å². The summed E-state index contributed by atoms with van der Waals surface area (Å²) >= 11 is 0. The average Bonchev–Trinajstić information content (AvgIpc) is 3.05. The molecule has 0 N–H and O–H groups in total. The molecule has 0 rings (SSSR count). The second kappa shape index (κ2) is 35.2. The summed E-state index contributed by atoms with van der Waals surface area (Å²) in [7, 11) is 0. The van der Waals surface area contributed by atoms with E-state index in [4.69, 9.17) is 28.4 Å². The molecule has 0 aliphatic rings. The van der Waals surface area contributed by atoms with Gasteiger partial charge in [0.05, 0.1) is 62.3 Å². The van der Waals surface area contributed by atoms with E-state index in [1.54, 1.807) is 83.1 Å². The van der Waals surface area contributed by atoms with Gasteiger partial charge in [-0.05, 0) is 39.5 Å². The Morgan fingerprint density at radius 2 is 0.625 bits per heavy atom. The SMILES string of the molecule is CC(C)C(=O)OCCCOC(=O)C(C)C.CC(C)C(=O)OCOC(=O)C(C)C.CC(C)COC(=O)CC(=O)OCC(C)C.CC(C)OC(=O)CC(=O)OC(C)C. The lowest BCUT2D eigenvalue weighted by Crippen LogP contribution is -2.19. The second-order valence-corrected chi connectivity index (χ2v) is 14.9. The lowest BCUT2D eigenvalue weighted by atomic mass is 10.2. The highest BCUT2D eigenvalue weighted by molar-refractivity contribution is 5.91. The van der Waals surface area contributed by atoms with Crippen LogP contribution in [0.15, 0.2) is 0 Å². The number of ether oxygens (including phenoxy) is 8. The normalized spacial score (nSPS) is 10.4. The number of hydrogen-bond acceptors (Lipinski definition) is 16. The van der Waals surface area contributed by atoms with Gasteiger partial charge in [-0.2, -0.15) is 0 Å². The summed E-state index contributed by atoms with van der Waals surface area (Å²) in [5.74, 6) is -3.33. The average molecular weight is 809 g/mol. The van der Waals surface area contributed by atoms with E-state index in [0.717, 1.165) is 0 Å². The minimum Gasteiger partial charge on any atom is -0.465 e. The van der Waals surface area contributed by atoms with E-state index in [0.29, 0.717) is 32.8 Å². The molecule has 0 heterocycles. The topological polar surface area (TPSA) is 210 Å². The zero-order chi connectivity index (χ0) is 44.6. The Bertz CT molecular complexity index is 1050. The molecule has 0 amide bonds. The molecule has 0 fully saturated rings. The summed E-state index contributed by atoms with van der Waals surface area (Å²) < 4.78 is 38.3. The van der Waals surface area contributed by atoms with Crippen LogP contribution in [0.5, 0.6) is 0 Å². The van der Waals surface area contributed by atoms with Crippen molar-refractivity contribution in [2.24, 2.45) is 35.5 Å². The van der Waals surface area contributed by atoms with E-state index >= 15 is 0 Å². The zero-order valence-electron chi connectivity index (χ0n) is 36.8. The molecule has 56 heavy (non-hydrogen) atoms. The number of carbonyl (C=O) groups is 8. The highest BCUT2D eigenvalue weighted by atomic mass is 16.7. The van der Waals surface area contributed by atoms with Crippen LogP contribution in [0, 0.1) is 35.5 Å². The van der Waals surface area contributed by atoms with Gasteiger partial charge in [0.25, 0.3) is 0 Å². The molecule has 0 radical (unpaired) electrons. The van der Waals surface area contributed by atoms with Gasteiger partial charge in [0.15, 0.2) is 0 Å².